The molecule has 5 rings (SSSR count). The van der Waals surface area contributed by atoms with Gasteiger partial charge in [-0.05, 0) is 49.4 Å². The van der Waals surface area contributed by atoms with Crippen LogP contribution in [0, 0.1) is 0 Å². The van der Waals surface area contributed by atoms with Crippen LogP contribution in [0.4, 0.5) is 0 Å². The van der Waals surface area contributed by atoms with E-state index in [4.69, 9.17) is 25.8 Å². The highest BCUT2D eigenvalue weighted by molar-refractivity contribution is 6.31. The molecule has 0 atom stereocenters. The number of methoxy groups -OCH3 is 1. The lowest BCUT2D eigenvalue weighted by atomic mass is 10.1. The van der Waals surface area contributed by atoms with E-state index in [2.05, 4.69) is 11.5 Å². The van der Waals surface area contributed by atoms with E-state index >= 15 is 0 Å². The van der Waals surface area contributed by atoms with Gasteiger partial charge in [-0.15, -0.1) is 0 Å². The Morgan fingerprint density at radius 2 is 1.88 bits per heavy atom. The summed E-state index contributed by atoms with van der Waals surface area (Å²) in [6.07, 6.45) is 3.81. The number of hydrogen-bond acceptors (Lipinski definition) is 4. The smallest absolute Gasteiger partial charge is 0.231 e. The van der Waals surface area contributed by atoms with Gasteiger partial charge in [-0.1, -0.05) is 29.8 Å². The van der Waals surface area contributed by atoms with Gasteiger partial charge in [-0.3, -0.25) is 4.79 Å². The maximum Gasteiger partial charge on any atom is 0.231 e. The van der Waals surface area contributed by atoms with E-state index in [-0.39, 0.29) is 11.5 Å². The number of ketones is 1. The van der Waals surface area contributed by atoms with E-state index in [1.807, 2.05) is 48.7 Å². The predicted molar refractivity (Wildman–Crippen MR) is 129 cm³/mol. The summed E-state index contributed by atoms with van der Waals surface area (Å²) < 4.78 is 19.3. The van der Waals surface area contributed by atoms with E-state index in [9.17, 15) is 4.79 Å². The number of rotatable bonds is 6. The Balaban J connectivity index is 1.42. The summed E-state index contributed by atoms with van der Waals surface area (Å²) >= 11 is 6.21. The van der Waals surface area contributed by atoms with Crippen molar-refractivity contribution < 1.29 is 19.0 Å². The summed E-state index contributed by atoms with van der Waals surface area (Å²) in [5, 5.41) is 1.65. The monoisotopic (exact) mass is 459 g/mol. The Hall–Kier alpha value is -3.70. The molecule has 5 nitrogen and oxygen atoms in total. The molecule has 0 amide bonds. The van der Waals surface area contributed by atoms with Crippen LogP contribution >= 0.6 is 11.6 Å². The molecule has 0 fully saturated rings. The zero-order valence-corrected chi connectivity index (χ0v) is 19.1. The Bertz CT molecular complexity index is 1400. The first-order chi connectivity index (χ1) is 16.1. The summed E-state index contributed by atoms with van der Waals surface area (Å²) in [6.45, 7) is 3.22. The molecular formula is C27H22ClNO4. The van der Waals surface area contributed by atoms with E-state index in [1.165, 1.54) is 0 Å². The highest BCUT2D eigenvalue weighted by atomic mass is 35.5. The number of benzene rings is 3. The molecule has 0 aliphatic carbocycles. The van der Waals surface area contributed by atoms with Crippen molar-refractivity contribution in [3.05, 3.63) is 94.3 Å². The van der Waals surface area contributed by atoms with Crippen LogP contribution in [-0.2, 0) is 13.2 Å². The number of Topliss-reactive ketones (excluding diaryl/α,β-unsaturated/α-hetero) is 1. The third-order valence-electron chi connectivity index (χ3n) is 5.74. The molecule has 3 aromatic carbocycles. The molecule has 166 valence electrons. The van der Waals surface area contributed by atoms with Crippen molar-refractivity contribution in [2.24, 2.45) is 0 Å². The molecule has 0 bridgehead atoms. The van der Waals surface area contributed by atoms with Crippen LogP contribution in [0.2, 0.25) is 5.02 Å². The first-order valence-electron chi connectivity index (χ1n) is 10.7. The Morgan fingerprint density at radius 1 is 1.06 bits per heavy atom. The Labute approximate surface area is 196 Å². The number of allylic oxidation sites excluding steroid dienone is 1. The number of nitrogens with zero attached hydrogens (tertiary/aromatic N) is 1. The molecule has 1 aliphatic heterocycles. The number of ether oxygens (including phenoxy) is 3. The summed E-state index contributed by atoms with van der Waals surface area (Å²) in [5.74, 6) is 1.99. The molecule has 0 radical (unpaired) electrons. The fraction of sp³-hybridized carbons (Fsp3) is 0.148. The van der Waals surface area contributed by atoms with Crippen LogP contribution in [-0.4, -0.2) is 17.5 Å². The number of aryl methyl sites for hydroxylation is 1. The summed E-state index contributed by atoms with van der Waals surface area (Å²) in [6, 6.07) is 18.7. The zero-order chi connectivity index (χ0) is 22.9. The molecule has 4 aromatic rings. The highest BCUT2D eigenvalue weighted by Crippen LogP contribution is 2.36. The van der Waals surface area contributed by atoms with Crippen molar-refractivity contribution in [3.8, 4) is 17.2 Å². The maximum atomic E-state index is 13.0. The van der Waals surface area contributed by atoms with Gasteiger partial charge in [-0.2, -0.15) is 0 Å². The molecule has 1 aliphatic rings. The number of hydrogen-bond donors (Lipinski definition) is 0. The third kappa shape index (κ3) is 3.96. The van der Waals surface area contributed by atoms with Gasteiger partial charge in [0.2, 0.25) is 5.78 Å². The van der Waals surface area contributed by atoms with Gasteiger partial charge in [0, 0.05) is 45.9 Å². The minimum absolute atomic E-state index is 0.150. The van der Waals surface area contributed by atoms with Crippen LogP contribution in [0.25, 0.3) is 17.0 Å². The van der Waals surface area contributed by atoms with Crippen molar-refractivity contribution in [3.63, 3.8) is 0 Å². The van der Waals surface area contributed by atoms with Crippen LogP contribution in [0.15, 0.2) is 72.6 Å². The van der Waals surface area contributed by atoms with E-state index in [0.717, 1.165) is 34.3 Å². The van der Waals surface area contributed by atoms with E-state index < -0.39 is 0 Å². The number of halogens is 1. The third-order valence-corrected chi connectivity index (χ3v) is 6.11. The number of fused-ring (bicyclic) bond motifs is 2. The zero-order valence-electron chi connectivity index (χ0n) is 18.3. The van der Waals surface area contributed by atoms with Crippen LogP contribution in [0.1, 0.15) is 28.4 Å². The SMILES string of the molecule is CCn1cc(/C=C2\Oc3cc(OCc4ccccc4Cl)ccc3C2=O)c2cc(OC)ccc21. The summed E-state index contributed by atoms with van der Waals surface area (Å²) in [7, 11) is 1.64. The van der Waals surface area contributed by atoms with Crippen LogP contribution in [0.3, 0.4) is 0 Å². The molecule has 0 saturated carbocycles. The molecule has 1 aromatic heterocycles. The molecule has 0 unspecified atom stereocenters. The first kappa shape index (κ1) is 21.2. The molecule has 33 heavy (non-hydrogen) atoms. The lowest BCUT2D eigenvalue weighted by molar-refractivity contribution is 0.101. The van der Waals surface area contributed by atoms with Gasteiger partial charge in [0.15, 0.2) is 5.76 Å². The summed E-state index contributed by atoms with van der Waals surface area (Å²) in [4.78, 5) is 13.0. The van der Waals surface area contributed by atoms with Crippen LogP contribution < -0.4 is 14.2 Å². The van der Waals surface area contributed by atoms with Crippen LogP contribution in [0.5, 0.6) is 17.2 Å². The molecule has 2 heterocycles. The fourth-order valence-electron chi connectivity index (χ4n) is 3.98. The predicted octanol–water partition coefficient (Wildman–Crippen LogP) is 6.52. The van der Waals surface area contributed by atoms with Crippen molar-refractivity contribution in [2.45, 2.75) is 20.1 Å². The van der Waals surface area contributed by atoms with Gasteiger partial charge < -0.3 is 18.8 Å². The number of aromatic nitrogens is 1. The Kier molecular flexibility index (Phi) is 5.56. The molecule has 0 N–H and O–H groups in total. The van der Waals surface area contributed by atoms with Gasteiger partial charge in [0.1, 0.15) is 23.9 Å². The molecule has 6 heteroatoms. The molecule has 0 saturated heterocycles. The van der Waals surface area contributed by atoms with Crippen molar-refractivity contribution in [1.82, 2.24) is 4.57 Å². The van der Waals surface area contributed by atoms with Crippen molar-refractivity contribution in [1.29, 1.82) is 0 Å². The first-order valence-corrected chi connectivity index (χ1v) is 11.1. The highest BCUT2D eigenvalue weighted by Gasteiger charge is 2.28. The maximum absolute atomic E-state index is 13.0. The molecule has 0 spiro atoms. The minimum atomic E-state index is -0.150. The average Bonchev–Trinajstić information content (AvgIpc) is 3.35. The van der Waals surface area contributed by atoms with Crippen molar-refractivity contribution in [2.75, 3.05) is 7.11 Å². The quantitative estimate of drug-likeness (QED) is 0.308. The van der Waals surface area contributed by atoms with E-state index in [1.54, 1.807) is 31.4 Å². The van der Waals surface area contributed by atoms with Gasteiger partial charge in [0.25, 0.3) is 0 Å². The standard InChI is InChI=1S/C27H22ClNO4/c1-3-29-15-18(22-13-19(31-2)9-11-24(22)29)12-26-27(30)21-10-8-20(14-25(21)33-26)32-16-17-6-4-5-7-23(17)28/h4-15H,3,16H2,1-2H3/b26-12-. The topological polar surface area (TPSA) is 49.7 Å². The fourth-order valence-corrected chi connectivity index (χ4v) is 4.17. The van der Waals surface area contributed by atoms with Gasteiger partial charge >= 0.3 is 0 Å². The van der Waals surface area contributed by atoms with Gasteiger partial charge in [-0.25, -0.2) is 0 Å². The second-order valence-electron chi connectivity index (χ2n) is 7.73. The van der Waals surface area contributed by atoms with Gasteiger partial charge in [0.05, 0.1) is 12.7 Å². The Morgan fingerprint density at radius 3 is 2.67 bits per heavy atom. The number of carbonyl (C=O) groups is 1. The normalized spacial score (nSPS) is 13.9. The van der Waals surface area contributed by atoms with Crippen molar-refractivity contribution >= 4 is 34.4 Å². The second-order valence-corrected chi connectivity index (χ2v) is 8.14. The minimum Gasteiger partial charge on any atom is -0.497 e. The number of carbonyl (C=O) groups excluding carboxylic acids is 1. The molecular weight excluding hydrogens is 438 g/mol. The van der Waals surface area contributed by atoms with E-state index in [0.29, 0.717) is 28.7 Å². The second kappa shape index (κ2) is 8.68. The summed E-state index contributed by atoms with van der Waals surface area (Å²) in [5.41, 5.74) is 3.38. The largest absolute Gasteiger partial charge is 0.497 e. The lowest BCUT2D eigenvalue weighted by Gasteiger charge is -2.08. The lowest BCUT2D eigenvalue weighted by Crippen LogP contribution is -1.98. The average molecular weight is 460 g/mol.